The van der Waals surface area contributed by atoms with E-state index in [0.717, 1.165) is 58.2 Å². The number of nitrogens with one attached hydrogen (secondary N) is 2. The first-order valence-electron chi connectivity index (χ1n) is 14.0. The molecule has 4 aromatic rings. The fraction of sp³-hybridized carbons (Fsp3) is 0.400. The summed E-state index contributed by atoms with van der Waals surface area (Å²) in [6, 6.07) is 15.9. The maximum atomic E-state index is 12.6. The second-order valence-corrected chi connectivity index (χ2v) is 13.0. The molecular weight excluding hydrogens is 569 g/mol. The molecule has 1 saturated carbocycles. The van der Waals surface area contributed by atoms with Crippen molar-refractivity contribution >= 4 is 56.1 Å². The van der Waals surface area contributed by atoms with Crippen LogP contribution in [-0.2, 0) is 22.4 Å². The van der Waals surface area contributed by atoms with E-state index in [-0.39, 0.29) is 36.5 Å². The second-order valence-electron chi connectivity index (χ2n) is 11.0. The Morgan fingerprint density at radius 3 is 1.48 bits per heavy atom. The van der Waals surface area contributed by atoms with Gasteiger partial charge in [0.2, 0.25) is 22.1 Å². The minimum absolute atomic E-state index is 0.106. The SMILES string of the molecule is CN(C)c1ccc(CC(=O)Nc2nnc([C@H]3CCC[C@H](c4nnc(NC(=O)Cc5ccc(N(C)C)cc5)s4)C3)s2)cc1. The van der Waals surface area contributed by atoms with Crippen molar-refractivity contribution in [3.8, 4) is 0 Å². The molecular formula is C30H36N8O2S2. The first-order chi connectivity index (χ1) is 20.2. The van der Waals surface area contributed by atoms with Crippen LogP contribution in [0.5, 0.6) is 0 Å². The van der Waals surface area contributed by atoms with Gasteiger partial charge in [-0.25, -0.2) is 0 Å². The molecule has 2 aromatic carbocycles. The van der Waals surface area contributed by atoms with E-state index in [2.05, 4.69) is 31.0 Å². The largest absolute Gasteiger partial charge is 0.378 e. The van der Waals surface area contributed by atoms with E-state index in [1.807, 2.05) is 86.5 Å². The van der Waals surface area contributed by atoms with Crippen LogP contribution in [0.4, 0.5) is 21.6 Å². The zero-order valence-corrected chi connectivity index (χ0v) is 26.0. The summed E-state index contributed by atoms with van der Waals surface area (Å²) >= 11 is 2.89. The van der Waals surface area contributed by atoms with Gasteiger partial charge in [0.15, 0.2) is 0 Å². The highest BCUT2D eigenvalue weighted by molar-refractivity contribution is 7.15. The zero-order chi connectivity index (χ0) is 29.6. The molecule has 1 aliphatic carbocycles. The topological polar surface area (TPSA) is 116 Å². The lowest BCUT2D eigenvalue weighted by atomic mass is 9.82. The van der Waals surface area contributed by atoms with E-state index in [0.29, 0.717) is 10.3 Å². The van der Waals surface area contributed by atoms with E-state index < -0.39 is 0 Å². The molecule has 2 aromatic heterocycles. The number of amides is 2. The van der Waals surface area contributed by atoms with Crippen molar-refractivity contribution < 1.29 is 9.59 Å². The number of anilines is 4. The summed E-state index contributed by atoms with van der Waals surface area (Å²) in [6.45, 7) is 0. The Kier molecular flexibility index (Phi) is 9.43. The molecule has 1 aliphatic rings. The van der Waals surface area contributed by atoms with Gasteiger partial charge < -0.3 is 20.4 Å². The van der Waals surface area contributed by atoms with Gasteiger partial charge in [-0.15, -0.1) is 20.4 Å². The van der Waals surface area contributed by atoms with Crippen molar-refractivity contribution in [2.24, 2.45) is 0 Å². The van der Waals surface area contributed by atoms with Crippen molar-refractivity contribution in [3.05, 3.63) is 69.7 Å². The molecule has 0 aliphatic heterocycles. The van der Waals surface area contributed by atoms with Gasteiger partial charge in [-0.1, -0.05) is 53.4 Å². The fourth-order valence-corrected chi connectivity index (χ4v) is 6.87. The Bertz CT molecular complexity index is 1390. The lowest BCUT2D eigenvalue weighted by Crippen LogP contribution is -2.14. The smallest absolute Gasteiger partial charge is 0.230 e. The van der Waals surface area contributed by atoms with Crippen molar-refractivity contribution in [1.29, 1.82) is 0 Å². The minimum Gasteiger partial charge on any atom is -0.378 e. The lowest BCUT2D eigenvalue weighted by Gasteiger charge is -2.25. The first kappa shape index (κ1) is 29.6. The lowest BCUT2D eigenvalue weighted by molar-refractivity contribution is -0.116. The van der Waals surface area contributed by atoms with Gasteiger partial charge in [-0.05, 0) is 54.7 Å². The predicted molar refractivity (Wildman–Crippen MR) is 170 cm³/mol. The van der Waals surface area contributed by atoms with Crippen molar-refractivity contribution in [2.75, 3.05) is 48.6 Å². The standard InChI is InChI=1S/C30H36N8O2S2/c1-37(2)23-12-8-19(9-13-23)16-25(39)31-29-35-33-27(41-29)21-6-5-7-22(18-21)28-34-36-30(42-28)32-26(40)17-20-10-14-24(15-11-20)38(3)4/h8-15,21-22H,5-7,16-18H2,1-4H3,(H,31,35,39)(H,32,36,40)/t21-,22-/m0/s1. The van der Waals surface area contributed by atoms with Crippen LogP contribution in [-0.4, -0.2) is 60.4 Å². The normalized spacial score (nSPS) is 16.6. The molecule has 220 valence electrons. The second kappa shape index (κ2) is 13.4. The Hall–Kier alpha value is -3.90. The number of aromatic nitrogens is 4. The van der Waals surface area contributed by atoms with Crippen molar-refractivity contribution in [1.82, 2.24) is 20.4 Å². The molecule has 0 bridgehead atoms. The molecule has 0 spiro atoms. The zero-order valence-electron chi connectivity index (χ0n) is 24.3. The number of carbonyl (C=O) groups excluding carboxylic acids is 2. The number of hydrogen-bond acceptors (Lipinski definition) is 10. The number of nitrogens with zero attached hydrogens (tertiary/aromatic N) is 6. The Labute approximate surface area is 254 Å². The van der Waals surface area contributed by atoms with E-state index in [1.54, 1.807) is 0 Å². The van der Waals surface area contributed by atoms with E-state index >= 15 is 0 Å². The molecule has 2 heterocycles. The molecule has 10 nitrogen and oxygen atoms in total. The number of benzene rings is 2. The third-order valence-electron chi connectivity index (χ3n) is 7.38. The van der Waals surface area contributed by atoms with Gasteiger partial charge >= 0.3 is 0 Å². The fourth-order valence-electron chi connectivity index (χ4n) is 5.06. The molecule has 12 heteroatoms. The highest BCUT2D eigenvalue weighted by Crippen LogP contribution is 2.43. The Balaban J connectivity index is 1.12. The summed E-state index contributed by atoms with van der Waals surface area (Å²) in [7, 11) is 7.95. The number of rotatable bonds is 10. The molecule has 42 heavy (non-hydrogen) atoms. The monoisotopic (exact) mass is 604 g/mol. The summed E-state index contributed by atoms with van der Waals surface area (Å²) in [6.07, 6.45) is 4.55. The summed E-state index contributed by atoms with van der Waals surface area (Å²) in [5, 5.41) is 26.1. The molecule has 5 rings (SSSR count). The van der Waals surface area contributed by atoms with Gasteiger partial charge in [-0.2, -0.15) is 0 Å². The number of hydrogen-bond donors (Lipinski definition) is 2. The van der Waals surface area contributed by atoms with Crippen LogP contribution >= 0.6 is 22.7 Å². The molecule has 1 fully saturated rings. The van der Waals surface area contributed by atoms with E-state index in [1.165, 1.54) is 22.7 Å². The molecule has 2 atom stereocenters. The first-order valence-corrected chi connectivity index (χ1v) is 15.7. The average molecular weight is 605 g/mol. The maximum absolute atomic E-state index is 12.6. The maximum Gasteiger partial charge on any atom is 0.230 e. The van der Waals surface area contributed by atoms with Crippen molar-refractivity contribution in [2.45, 2.75) is 50.4 Å². The van der Waals surface area contributed by atoms with Crippen LogP contribution in [0, 0.1) is 0 Å². The summed E-state index contributed by atoms with van der Waals surface area (Å²) in [5.74, 6) is 0.284. The predicted octanol–water partition coefficient (Wildman–Crippen LogP) is 5.33. The summed E-state index contributed by atoms with van der Waals surface area (Å²) < 4.78 is 0. The molecule has 0 radical (unpaired) electrons. The van der Waals surface area contributed by atoms with Gasteiger partial charge in [-0.3, -0.25) is 9.59 Å². The quantitative estimate of drug-likeness (QED) is 0.250. The molecule has 0 saturated heterocycles. The van der Waals surface area contributed by atoms with E-state index in [4.69, 9.17) is 0 Å². The minimum atomic E-state index is -0.106. The van der Waals surface area contributed by atoms with Crippen LogP contribution < -0.4 is 20.4 Å². The summed E-state index contributed by atoms with van der Waals surface area (Å²) in [5.41, 5.74) is 4.08. The highest BCUT2D eigenvalue weighted by Gasteiger charge is 2.29. The van der Waals surface area contributed by atoms with Crippen molar-refractivity contribution in [3.63, 3.8) is 0 Å². The molecule has 2 N–H and O–H groups in total. The Morgan fingerprint density at radius 1 is 0.690 bits per heavy atom. The van der Waals surface area contributed by atoms with Gasteiger partial charge in [0.1, 0.15) is 10.0 Å². The van der Waals surface area contributed by atoms with Crippen LogP contribution in [0.15, 0.2) is 48.5 Å². The third kappa shape index (κ3) is 7.68. The van der Waals surface area contributed by atoms with E-state index in [9.17, 15) is 9.59 Å². The Morgan fingerprint density at radius 2 is 1.10 bits per heavy atom. The number of carbonyl (C=O) groups is 2. The highest BCUT2D eigenvalue weighted by atomic mass is 32.1. The summed E-state index contributed by atoms with van der Waals surface area (Å²) in [4.78, 5) is 29.3. The van der Waals surface area contributed by atoms with Gasteiger partial charge in [0.25, 0.3) is 0 Å². The average Bonchev–Trinajstić information content (AvgIpc) is 3.63. The van der Waals surface area contributed by atoms with Crippen LogP contribution in [0.3, 0.4) is 0 Å². The van der Waals surface area contributed by atoms with Crippen LogP contribution in [0.2, 0.25) is 0 Å². The molecule has 2 amide bonds. The molecule has 0 unspecified atom stereocenters. The van der Waals surface area contributed by atoms with Crippen LogP contribution in [0.1, 0.15) is 58.7 Å². The van der Waals surface area contributed by atoms with Crippen LogP contribution in [0.25, 0.3) is 0 Å². The van der Waals surface area contributed by atoms with Gasteiger partial charge in [0.05, 0.1) is 12.8 Å². The third-order valence-corrected chi connectivity index (χ3v) is 9.38. The van der Waals surface area contributed by atoms with Gasteiger partial charge in [0, 0.05) is 51.4 Å².